The van der Waals surface area contributed by atoms with E-state index in [0.29, 0.717) is 5.75 Å². The lowest BCUT2D eigenvalue weighted by molar-refractivity contribution is -0.274. The summed E-state index contributed by atoms with van der Waals surface area (Å²) in [4.78, 5) is 24.1. The van der Waals surface area contributed by atoms with Crippen LogP contribution in [0, 0.1) is 13.8 Å². The maximum absolute atomic E-state index is 12.1. The predicted molar refractivity (Wildman–Crippen MR) is 94.7 cm³/mol. The van der Waals surface area contributed by atoms with Gasteiger partial charge >= 0.3 is 6.36 Å². The van der Waals surface area contributed by atoms with Crippen molar-refractivity contribution in [3.8, 4) is 11.5 Å². The molecule has 2 aromatic rings. The van der Waals surface area contributed by atoms with Crippen LogP contribution in [0.25, 0.3) is 0 Å². The van der Waals surface area contributed by atoms with E-state index in [9.17, 15) is 22.8 Å². The summed E-state index contributed by atoms with van der Waals surface area (Å²) in [6.45, 7) is 5.30. The first-order valence-corrected chi connectivity index (χ1v) is 8.25. The molecule has 2 amide bonds. The van der Waals surface area contributed by atoms with Gasteiger partial charge in [0.25, 0.3) is 11.8 Å². The molecule has 0 aliphatic carbocycles. The Morgan fingerprint density at radius 2 is 1.64 bits per heavy atom. The summed E-state index contributed by atoms with van der Waals surface area (Å²) in [5, 5.41) is 0. The van der Waals surface area contributed by atoms with Gasteiger partial charge < -0.3 is 9.47 Å². The summed E-state index contributed by atoms with van der Waals surface area (Å²) in [7, 11) is 0. The van der Waals surface area contributed by atoms with E-state index in [4.69, 9.17) is 4.74 Å². The lowest BCUT2D eigenvalue weighted by Gasteiger charge is -2.17. The van der Waals surface area contributed by atoms with Gasteiger partial charge in [0.15, 0.2) is 6.10 Å². The second kappa shape index (κ2) is 8.64. The number of carbonyl (C=O) groups excluding carboxylic acids is 2. The SMILES string of the molecule is Cc1cccc(O[C@@H](C)C(=O)NNC(=O)c2ccc(OC(F)(F)F)cc2)c1C. The Labute approximate surface area is 159 Å². The summed E-state index contributed by atoms with van der Waals surface area (Å²) in [6, 6.07) is 9.72. The molecule has 2 aromatic carbocycles. The first kappa shape index (κ1) is 21.1. The van der Waals surface area contributed by atoms with E-state index in [1.807, 2.05) is 19.9 Å². The monoisotopic (exact) mass is 396 g/mol. The van der Waals surface area contributed by atoms with Crippen molar-refractivity contribution in [3.05, 3.63) is 59.2 Å². The van der Waals surface area contributed by atoms with Crippen molar-refractivity contribution in [2.24, 2.45) is 0 Å². The Morgan fingerprint density at radius 3 is 2.25 bits per heavy atom. The number of hydrazine groups is 1. The highest BCUT2D eigenvalue weighted by Crippen LogP contribution is 2.23. The van der Waals surface area contributed by atoms with Gasteiger partial charge in [0, 0.05) is 5.56 Å². The van der Waals surface area contributed by atoms with E-state index in [2.05, 4.69) is 15.6 Å². The minimum Gasteiger partial charge on any atom is -0.481 e. The molecule has 9 heteroatoms. The van der Waals surface area contributed by atoms with Crippen LogP contribution in [0.15, 0.2) is 42.5 Å². The van der Waals surface area contributed by atoms with Gasteiger partial charge in [0.2, 0.25) is 0 Å². The fraction of sp³-hybridized carbons (Fsp3) is 0.263. The summed E-state index contributed by atoms with van der Waals surface area (Å²) in [6.07, 6.45) is -5.70. The van der Waals surface area contributed by atoms with Crippen LogP contribution in [-0.4, -0.2) is 24.3 Å². The molecule has 150 valence electrons. The third-order valence-corrected chi connectivity index (χ3v) is 3.88. The fourth-order valence-corrected chi connectivity index (χ4v) is 2.20. The topological polar surface area (TPSA) is 76.7 Å². The first-order chi connectivity index (χ1) is 13.1. The van der Waals surface area contributed by atoms with E-state index in [1.165, 1.54) is 6.92 Å². The average Bonchev–Trinajstić information content (AvgIpc) is 2.62. The third kappa shape index (κ3) is 5.90. The number of carbonyl (C=O) groups is 2. The normalized spacial score (nSPS) is 12.1. The highest BCUT2D eigenvalue weighted by atomic mass is 19.4. The Morgan fingerprint density at radius 1 is 1.00 bits per heavy atom. The lowest BCUT2D eigenvalue weighted by Crippen LogP contribution is -2.47. The third-order valence-electron chi connectivity index (χ3n) is 3.88. The van der Waals surface area contributed by atoms with Crippen molar-refractivity contribution in [2.75, 3.05) is 0 Å². The minimum atomic E-state index is -4.82. The summed E-state index contributed by atoms with van der Waals surface area (Å²) in [5.74, 6) is -1.20. The summed E-state index contributed by atoms with van der Waals surface area (Å²) >= 11 is 0. The average molecular weight is 396 g/mol. The molecule has 2 N–H and O–H groups in total. The molecule has 0 aliphatic heterocycles. The standard InChI is InChI=1S/C19H19F3N2O4/c1-11-5-4-6-16(12(11)2)27-13(3)17(25)23-24-18(26)14-7-9-15(10-8-14)28-19(20,21)22/h4-10,13H,1-3H3,(H,23,25)(H,24,26)/t13-/m0/s1. The van der Waals surface area contributed by atoms with Crippen LogP contribution < -0.4 is 20.3 Å². The van der Waals surface area contributed by atoms with E-state index in [0.717, 1.165) is 35.4 Å². The molecule has 0 saturated heterocycles. The Balaban J connectivity index is 1.89. The molecule has 2 rings (SSSR count). The molecule has 0 bridgehead atoms. The van der Waals surface area contributed by atoms with Crippen molar-refractivity contribution in [1.29, 1.82) is 0 Å². The molecule has 0 saturated carbocycles. The van der Waals surface area contributed by atoms with Gasteiger partial charge in [-0.05, 0) is 62.2 Å². The smallest absolute Gasteiger partial charge is 0.481 e. The second-order valence-corrected chi connectivity index (χ2v) is 5.97. The second-order valence-electron chi connectivity index (χ2n) is 5.97. The van der Waals surface area contributed by atoms with Gasteiger partial charge in [-0.25, -0.2) is 0 Å². The van der Waals surface area contributed by atoms with Crippen molar-refractivity contribution >= 4 is 11.8 Å². The maximum atomic E-state index is 12.1. The summed E-state index contributed by atoms with van der Waals surface area (Å²) in [5.41, 5.74) is 6.34. The number of alkyl halides is 3. The number of aryl methyl sites for hydroxylation is 1. The molecule has 6 nitrogen and oxygen atoms in total. The van der Waals surface area contributed by atoms with Crippen LogP contribution in [0.1, 0.15) is 28.4 Å². The van der Waals surface area contributed by atoms with Gasteiger partial charge in [-0.15, -0.1) is 13.2 Å². The van der Waals surface area contributed by atoms with Crippen LogP contribution in [0.5, 0.6) is 11.5 Å². The van der Waals surface area contributed by atoms with Gasteiger partial charge in [0.1, 0.15) is 11.5 Å². The number of rotatable bonds is 5. The molecule has 28 heavy (non-hydrogen) atoms. The molecule has 0 aromatic heterocycles. The first-order valence-electron chi connectivity index (χ1n) is 8.25. The highest BCUT2D eigenvalue weighted by Gasteiger charge is 2.31. The number of nitrogens with one attached hydrogen (secondary N) is 2. The Hall–Kier alpha value is -3.23. The minimum absolute atomic E-state index is 0.0397. The number of hydrogen-bond donors (Lipinski definition) is 2. The van der Waals surface area contributed by atoms with Crippen molar-refractivity contribution in [2.45, 2.75) is 33.2 Å². The van der Waals surface area contributed by atoms with E-state index < -0.39 is 30.0 Å². The molecule has 0 spiro atoms. The number of amides is 2. The summed E-state index contributed by atoms with van der Waals surface area (Å²) < 4.78 is 45.7. The van der Waals surface area contributed by atoms with Crippen molar-refractivity contribution in [1.82, 2.24) is 10.9 Å². The molecule has 0 aliphatic rings. The van der Waals surface area contributed by atoms with Crippen molar-refractivity contribution < 1.29 is 32.2 Å². The van der Waals surface area contributed by atoms with Crippen LogP contribution >= 0.6 is 0 Å². The number of benzene rings is 2. The van der Waals surface area contributed by atoms with Gasteiger partial charge in [-0.2, -0.15) is 0 Å². The molecule has 0 unspecified atom stereocenters. The quantitative estimate of drug-likeness (QED) is 0.760. The zero-order valence-electron chi connectivity index (χ0n) is 15.4. The zero-order valence-corrected chi connectivity index (χ0v) is 15.4. The zero-order chi connectivity index (χ0) is 20.9. The number of ether oxygens (including phenoxy) is 2. The number of hydrogen-bond acceptors (Lipinski definition) is 4. The largest absolute Gasteiger partial charge is 0.573 e. The Bertz CT molecular complexity index is 851. The van der Waals surface area contributed by atoms with Crippen molar-refractivity contribution in [3.63, 3.8) is 0 Å². The molecule has 0 radical (unpaired) electrons. The Kier molecular flexibility index (Phi) is 6.50. The van der Waals surface area contributed by atoms with Crippen LogP contribution in [0.2, 0.25) is 0 Å². The van der Waals surface area contributed by atoms with Gasteiger partial charge in [0.05, 0.1) is 0 Å². The van der Waals surface area contributed by atoms with Crippen LogP contribution in [0.4, 0.5) is 13.2 Å². The maximum Gasteiger partial charge on any atom is 0.573 e. The fourth-order valence-electron chi connectivity index (χ4n) is 2.20. The van der Waals surface area contributed by atoms with Crippen LogP contribution in [0.3, 0.4) is 0 Å². The van der Waals surface area contributed by atoms with E-state index >= 15 is 0 Å². The van der Waals surface area contributed by atoms with E-state index in [-0.39, 0.29) is 5.56 Å². The molecular formula is C19H19F3N2O4. The molecule has 0 fully saturated rings. The predicted octanol–water partition coefficient (Wildman–Crippen LogP) is 3.43. The highest BCUT2D eigenvalue weighted by molar-refractivity contribution is 5.95. The van der Waals surface area contributed by atoms with Gasteiger partial charge in [-0.3, -0.25) is 20.4 Å². The molecular weight excluding hydrogens is 377 g/mol. The van der Waals surface area contributed by atoms with Gasteiger partial charge in [-0.1, -0.05) is 12.1 Å². The molecule has 0 heterocycles. The van der Waals surface area contributed by atoms with E-state index in [1.54, 1.807) is 12.1 Å². The lowest BCUT2D eigenvalue weighted by atomic mass is 10.1. The van der Waals surface area contributed by atoms with Crippen LogP contribution in [-0.2, 0) is 4.79 Å². The number of halogens is 3. The molecule has 1 atom stereocenters.